The Balaban J connectivity index is 1.60. The van der Waals surface area contributed by atoms with Crippen LogP contribution in [-0.2, 0) is 4.74 Å². The topological polar surface area (TPSA) is 35.9 Å². The molecule has 2 fully saturated rings. The smallest absolute Gasteiger partial charge is 0.0632 e. The molecule has 2 atom stereocenters. The van der Waals surface area contributed by atoms with Gasteiger partial charge in [0.05, 0.1) is 18.8 Å². The Morgan fingerprint density at radius 1 is 1.14 bits per heavy atom. The van der Waals surface area contributed by atoms with Gasteiger partial charge in [-0.05, 0) is 53.5 Å². The molecule has 1 N–H and O–H groups in total. The highest BCUT2D eigenvalue weighted by Gasteiger charge is 2.29. The first-order valence-electron chi connectivity index (χ1n) is 8.65. The molecule has 2 heterocycles. The maximum Gasteiger partial charge on any atom is 0.0632 e. The van der Waals surface area contributed by atoms with E-state index in [1.165, 1.54) is 13.1 Å². The molecule has 1 unspecified atom stereocenters. The van der Waals surface area contributed by atoms with Crippen LogP contribution < -0.4 is 0 Å². The van der Waals surface area contributed by atoms with Crippen LogP contribution >= 0.6 is 0 Å². The Kier molecular flexibility index (Phi) is 6.06. The molecule has 0 aromatic rings. The van der Waals surface area contributed by atoms with Gasteiger partial charge >= 0.3 is 0 Å². The van der Waals surface area contributed by atoms with E-state index in [-0.39, 0.29) is 0 Å². The third-order valence-corrected chi connectivity index (χ3v) is 5.15. The number of rotatable bonds is 6. The van der Waals surface area contributed by atoms with Crippen molar-refractivity contribution in [3.05, 3.63) is 0 Å². The van der Waals surface area contributed by atoms with Crippen LogP contribution in [0.15, 0.2) is 0 Å². The van der Waals surface area contributed by atoms with Gasteiger partial charge in [0.1, 0.15) is 0 Å². The fraction of sp³-hybridized carbons (Fsp3) is 1.00. The van der Waals surface area contributed by atoms with Crippen molar-refractivity contribution in [3.8, 4) is 0 Å². The monoisotopic (exact) mass is 298 g/mol. The van der Waals surface area contributed by atoms with E-state index in [0.717, 1.165) is 51.5 Å². The Morgan fingerprint density at radius 2 is 1.86 bits per heavy atom. The lowest BCUT2D eigenvalue weighted by Gasteiger charge is -2.42. The van der Waals surface area contributed by atoms with E-state index in [2.05, 4.69) is 30.6 Å². The molecule has 124 valence electrons. The predicted octanol–water partition coefficient (Wildman–Crippen LogP) is 1.97. The maximum absolute atomic E-state index is 10.1. The van der Waals surface area contributed by atoms with Gasteiger partial charge in [-0.2, -0.15) is 0 Å². The molecule has 0 spiro atoms. The van der Waals surface area contributed by atoms with Gasteiger partial charge in [0.15, 0.2) is 0 Å². The summed E-state index contributed by atoms with van der Waals surface area (Å²) >= 11 is 0. The van der Waals surface area contributed by atoms with Crippen molar-refractivity contribution >= 4 is 0 Å². The molecule has 0 amide bonds. The molecule has 2 rings (SSSR count). The number of hydrogen-bond donors (Lipinski definition) is 1. The molecule has 4 heteroatoms. The van der Waals surface area contributed by atoms with Crippen LogP contribution in [0.5, 0.6) is 0 Å². The molecule has 0 radical (unpaired) electrons. The third-order valence-electron chi connectivity index (χ3n) is 5.15. The first-order valence-corrected chi connectivity index (χ1v) is 8.65. The lowest BCUT2D eigenvalue weighted by atomic mass is 9.98. The number of ether oxygens (including phenoxy) is 1. The van der Waals surface area contributed by atoms with Gasteiger partial charge < -0.3 is 14.7 Å². The molecule has 2 saturated heterocycles. The van der Waals surface area contributed by atoms with Crippen LogP contribution in [0.25, 0.3) is 0 Å². The highest BCUT2D eigenvalue weighted by molar-refractivity contribution is 4.83. The largest absolute Gasteiger partial charge is 0.390 e. The van der Waals surface area contributed by atoms with Crippen LogP contribution in [0.1, 0.15) is 47.0 Å². The fourth-order valence-electron chi connectivity index (χ4n) is 3.37. The molecule has 0 saturated carbocycles. The average Bonchev–Trinajstić information content (AvgIpc) is 2.52. The Hall–Kier alpha value is -0.160. The van der Waals surface area contributed by atoms with Crippen molar-refractivity contribution in [2.24, 2.45) is 5.92 Å². The van der Waals surface area contributed by atoms with Crippen LogP contribution in [0, 0.1) is 5.92 Å². The van der Waals surface area contributed by atoms with Crippen molar-refractivity contribution in [2.45, 2.75) is 64.6 Å². The highest BCUT2D eigenvalue weighted by atomic mass is 16.5. The van der Waals surface area contributed by atoms with Gasteiger partial charge in [-0.1, -0.05) is 0 Å². The van der Waals surface area contributed by atoms with E-state index in [0.29, 0.717) is 12.1 Å². The van der Waals surface area contributed by atoms with E-state index in [4.69, 9.17) is 4.74 Å². The predicted molar refractivity (Wildman–Crippen MR) is 86.5 cm³/mol. The van der Waals surface area contributed by atoms with E-state index in [1.54, 1.807) is 0 Å². The van der Waals surface area contributed by atoms with E-state index in [9.17, 15) is 5.11 Å². The second kappa shape index (κ2) is 7.40. The van der Waals surface area contributed by atoms with Crippen LogP contribution in [0.2, 0.25) is 0 Å². The fourth-order valence-corrected chi connectivity index (χ4v) is 3.37. The number of aliphatic hydroxyl groups is 1. The van der Waals surface area contributed by atoms with Gasteiger partial charge in [-0.3, -0.25) is 4.90 Å². The minimum Gasteiger partial charge on any atom is -0.390 e. The summed E-state index contributed by atoms with van der Waals surface area (Å²) in [5.74, 6) is 0.726. The summed E-state index contributed by atoms with van der Waals surface area (Å²) in [5, 5.41) is 10.1. The Morgan fingerprint density at radius 3 is 2.52 bits per heavy atom. The zero-order valence-corrected chi connectivity index (χ0v) is 14.3. The molecule has 0 aliphatic carbocycles. The van der Waals surface area contributed by atoms with Gasteiger partial charge in [0.25, 0.3) is 0 Å². The van der Waals surface area contributed by atoms with E-state index in [1.807, 2.05) is 6.92 Å². The second-order valence-electron chi connectivity index (χ2n) is 7.69. The molecule has 21 heavy (non-hydrogen) atoms. The summed E-state index contributed by atoms with van der Waals surface area (Å²) in [5.41, 5.74) is -0.471. The minimum absolute atomic E-state index is 0.458. The first kappa shape index (κ1) is 17.2. The first-order chi connectivity index (χ1) is 9.87. The van der Waals surface area contributed by atoms with Gasteiger partial charge in [0, 0.05) is 37.6 Å². The third kappa shape index (κ3) is 5.20. The number of hydrogen-bond acceptors (Lipinski definition) is 4. The summed E-state index contributed by atoms with van der Waals surface area (Å²) in [4.78, 5) is 4.97. The maximum atomic E-state index is 10.1. The molecular formula is C17H34N2O2. The molecular weight excluding hydrogens is 264 g/mol. The molecule has 2 aliphatic heterocycles. The van der Waals surface area contributed by atoms with Gasteiger partial charge in [0.2, 0.25) is 0 Å². The lowest BCUT2D eigenvalue weighted by molar-refractivity contribution is -0.0166. The van der Waals surface area contributed by atoms with Crippen LogP contribution in [0.3, 0.4) is 0 Å². The van der Waals surface area contributed by atoms with Gasteiger partial charge in [-0.25, -0.2) is 0 Å². The molecule has 0 aromatic heterocycles. The average molecular weight is 298 g/mol. The highest BCUT2D eigenvalue weighted by Crippen LogP contribution is 2.23. The van der Waals surface area contributed by atoms with Crippen molar-refractivity contribution in [1.29, 1.82) is 0 Å². The zero-order chi connectivity index (χ0) is 15.5. The van der Waals surface area contributed by atoms with E-state index >= 15 is 0 Å². The van der Waals surface area contributed by atoms with Gasteiger partial charge in [-0.15, -0.1) is 0 Å². The quantitative estimate of drug-likeness (QED) is 0.813. The lowest BCUT2D eigenvalue weighted by Crippen LogP contribution is -2.52. The molecule has 0 bridgehead atoms. The summed E-state index contributed by atoms with van der Waals surface area (Å²) in [7, 11) is 0. The Labute approximate surface area is 130 Å². The van der Waals surface area contributed by atoms with Crippen molar-refractivity contribution in [1.82, 2.24) is 9.80 Å². The standard InChI is InChI=1S/C17H34N2O2/c1-14(2)19-10-16(11-19)13-21-12-15(3)18-8-5-6-17(4,20)7-9-18/h14-16,20H,5-13H2,1-4H3/t15-,17?/m0/s1. The van der Waals surface area contributed by atoms with Crippen molar-refractivity contribution < 1.29 is 9.84 Å². The zero-order valence-electron chi connectivity index (χ0n) is 14.3. The summed E-state index contributed by atoms with van der Waals surface area (Å²) in [6.07, 6.45) is 2.89. The normalized spacial score (nSPS) is 31.1. The summed E-state index contributed by atoms with van der Waals surface area (Å²) in [6, 6.07) is 1.13. The van der Waals surface area contributed by atoms with E-state index < -0.39 is 5.60 Å². The molecule has 2 aliphatic rings. The van der Waals surface area contributed by atoms with Crippen molar-refractivity contribution in [2.75, 3.05) is 39.4 Å². The van der Waals surface area contributed by atoms with Crippen LogP contribution in [0.4, 0.5) is 0 Å². The van der Waals surface area contributed by atoms with Crippen molar-refractivity contribution in [3.63, 3.8) is 0 Å². The summed E-state index contributed by atoms with van der Waals surface area (Å²) < 4.78 is 5.94. The van der Waals surface area contributed by atoms with Crippen LogP contribution in [-0.4, -0.2) is 72.0 Å². The minimum atomic E-state index is -0.471. The molecule has 0 aromatic carbocycles. The number of likely N-dealkylation sites (tertiary alicyclic amines) is 2. The SMILES string of the molecule is CC(C)N1CC(COC[C@H](C)N2CCCC(C)(O)CC2)C1. The molecule has 4 nitrogen and oxygen atoms in total. The number of nitrogens with zero attached hydrogens (tertiary/aromatic N) is 2. The second-order valence-corrected chi connectivity index (χ2v) is 7.69. The Bertz CT molecular complexity index is 314. The summed E-state index contributed by atoms with van der Waals surface area (Å²) in [6.45, 7) is 14.9.